The van der Waals surface area contributed by atoms with E-state index in [1.165, 1.54) is 17.4 Å². The zero-order chi connectivity index (χ0) is 9.84. The SMILES string of the molecule is CN(C)NC(=O)c1cnc(Cl)cn1. The standard InChI is InChI=1S/C7H9ClN4O/c1-12(2)11-7(13)5-3-10-6(8)4-9-5/h3-4H,1-2H3,(H,11,13). The van der Waals surface area contributed by atoms with E-state index in [9.17, 15) is 4.79 Å². The molecule has 6 heteroatoms. The van der Waals surface area contributed by atoms with Crippen LogP contribution in [0.3, 0.4) is 0 Å². The highest BCUT2D eigenvalue weighted by atomic mass is 35.5. The van der Waals surface area contributed by atoms with E-state index in [4.69, 9.17) is 11.6 Å². The van der Waals surface area contributed by atoms with Gasteiger partial charge in [-0.25, -0.2) is 15.0 Å². The monoisotopic (exact) mass is 200 g/mol. The predicted molar refractivity (Wildman–Crippen MR) is 48.2 cm³/mol. The number of hydrazine groups is 1. The van der Waals surface area contributed by atoms with Gasteiger partial charge in [-0.2, -0.15) is 0 Å². The van der Waals surface area contributed by atoms with Gasteiger partial charge in [0.25, 0.3) is 5.91 Å². The van der Waals surface area contributed by atoms with Crippen molar-refractivity contribution < 1.29 is 4.79 Å². The Morgan fingerprint density at radius 3 is 2.62 bits per heavy atom. The van der Waals surface area contributed by atoms with Crippen LogP contribution in [0.1, 0.15) is 10.5 Å². The third-order valence-corrected chi connectivity index (χ3v) is 1.37. The largest absolute Gasteiger partial charge is 0.285 e. The Balaban J connectivity index is 2.72. The summed E-state index contributed by atoms with van der Waals surface area (Å²) in [5.74, 6) is -0.311. The molecule has 1 amide bonds. The Labute approximate surface area is 80.7 Å². The molecule has 1 aromatic rings. The molecule has 0 saturated heterocycles. The smallest absolute Gasteiger partial charge is 0.284 e. The van der Waals surface area contributed by atoms with Crippen LogP contribution >= 0.6 is 11.6 Å². The molecule has 0 bridgehead atoms. The first-order chi connectivity index (χ1) is 6.09. The van der Waals surface area contributed by atoms with Crippen LogP contribution in [0.25, 0.3) is 0 Å². The van der Waals surface area contributed by atoms with E-state index in [1.54, 1.807) is 14.1 Å². The van der Waals surface area contributed by atoms with Crippen LogP contribution in [-0.4, -0.2) is 35.0 Å². The fourth-order valence-electron chi connectivity index (χ4n) is 0.690. The molecule has 1 rings (SSSR count). The van der Waals surface area contributed by atoms with E-state index in [2.05, 4.69) is 15.4 Å². The molecule has 0 atom stereocenters. The molecule has 0 saturated carbocycles. The van der Waals surface area contributed by atoms with Crippen molar-refractivity contribution in [2.45, 2.75) is 0 Å². The van der Waals surface area contributed by atoms with Crippen molar-refractivity contribution in [2.24, 2.45) is 0 Å². The maximum Gasteiger partial charge on any atom is 0.285 e. The van der Waals surface area contributed by atoms with Gasteiger partial charge >= 0.3 is 0 Å². The van der Waals surface area contributed by atoms with Crippen molar-refractivity contribution in [2.75, 3.05) is 14.1 Å². The van der Waals surface area contributed by atoms with Gasteiger partial charge in [-0.15, -0.1) is 0 Å². The average Bonchev–Trinajstić information content (AvgIpc) is 2.04. The molecule has 0 aliphatic heterocycles. The first kappa shape index (κ1) is 9.88. The van der Waals surface area contributed by atoms with Gasteiger partial charge in [0.1, 0.15) is 10.8 Å². The van der Waals surface area contributed by atoms with Crippen LogP contribution in [-0.2, 0) is 0 Å². The molecule has 0 fully saturated rings. The van der Waals surface area contributed by atoms with Crippen molar-refractivity contribution >= 4 is 17.5 Å². The lowest BCUT2D eigenvalue weighted by Gasteiger charge is -2.10. The van der Waals surface area contributed by atoms with Gasteiger partial charge < -0.3 is 0 Å². The second-order valence-corrected chi connectivity index (χ2v) is 2.95. The Morgan fingerprint density at radius 1 is 1.46 bits per heavy atom. The summed E-state index contributed by atoms with van der Waals surface area (Å²) in [7, 11) is 3.42. The summed E-state index contributed by atoms with van der Waals surface area (Å²) in [6, 6.07) is 0. The van der Waals surface area contributed by atoms with Crippen molar-refractivity contribution in [3.63, 3.8) is 0 Å². The van der Waals surface area contributed by atoms with Crippen LogP contribution < -0.4 is 5.43 Å². The molecule has 0 aliphatic carbocycles. The molecular weight excluding hydrogens is 192 g/mol. The van der Waals surface area contributed by atoms with Crippen molar-refractivity contribution in [3.05, 3.63) is 23.2 Å². The summed E-state index contributed by atoms with van der Waals surface area (Å²) >= 11 is 5.51. The molecule has 0 aromatic carbocycles. The number of carbonyl (C=O) groups excluding carboxylic acids is 1. The Hall–Kier alpha value is -1.20. The lowest BCUT2D eigenvalue weighted by molar-refractivity contribution is 0.0851. The number of hydrogen-bond acceptors (Lipinski definition) is 4. The lowest BCUT2D eigenvalue weighted by Crippen LogP contribution is -2.36. The van der Waals surface area contributed by atoms with Gasteiger partial charge in [-0.3, -0.25) is 10.2 Å². The quantitative estimate of drug-likeness (QED) is 0.700. The number of halogens is 1. The molecular formula is C7H9ClN4O. The van der Waals surface area contributed by atoms with E-state index in [1.807, 2.05) is 0 Å². The normalized spacial score (nSPS) is 10.2. The summed E-state index contributed by atoms with van der Waals surface area (Å²) in [5, 5.41) is 1.79. The topological polar surface area (TPSA) is 58.1 Å². The molecule has 0 radical (unpaired) electrons. The molecule has 1 N–H and O–H groups in total. The number of carbonyl (C=O) groups is 1. The molecule has 1 aromatic heterocycles. The highest BCUT2D eigenvalue weighted by Gasteiger charge is 2.07. The van der Waals surface area contributed by atoms with E-state index in [0.29, 0.717) is 0 Å². The van der Waals surface area contributed by atoms with Gasteiger partial charge in [0.2, 0.25) is 0 Å². The van der Waals surface area contributed by atoms with Gasteiger partial charge in [0.05, 0.1) is 12.4 Å². The van der Waals surface area contributed by atoms with Gasteiger partial charge in [0, 0.05) is 14.1 Å². The second-order valence-electron chi connectivity index (χ2n) is 2.56. The van der Waals surface area contributed by atoms with Gasteiger partial charge in [-0.05, 0) is 0 Å². The van der Waals surface area contributed by atoms with E-state index >= 15 is 0 Å². The minimum Gasteiger partial charge on any atom is -0.284 e. The highest BCUT2D eigenvalue weighted by Crippen LogP contribution is 2.00. The third-order valence-electron chi connectivity index (χ3n) is 1.18. The number of hydrogen-bond donors (Lipinski definition) is 1. The third kappa shape index (κ3) is 2.96. The highest BCUT2D eigenvalue weighted by molar-refractivity contribution is 6.29. The zero-order valence-electron chi connectivity index (χ0n) is 7.28. The number of rotatable bonds is 2. The van der Waals surface area contributed by atoms with Crippen molar-refractivity contribution in [3.8, 4) is 0 Å². The summed E-state index contributed by atoms with van der Waals surface area (Å²) in [4.78, 5) is 18.8. The zero-order valence-corrected chi connectivity index (χ0v) is 8.04. The minimum atomic E-state index is -0.311. The lowest BCUT2D eigenvalue weighted by atomic mass is 10.4. The van der Waals surface area contributed by atoms with E-state index in [0.717, 1.165) is 0 Å². The summed E-state index contributed by atoms with van der Waals surface area (Å²) in [5.41, 5.74) is 2.76. The van der Waals surface area contributed by atoms with Crippen LogP contribution in [0.5, 0.6) is 0 Å². The summed E-state index contributed by atoms with van der Waals surface area (Å²) in [6.07, 6.45) is 2.65. The number of nitrogens with zero attached hydrogens (tertiary/aromatic N) is 3. The Bertz CT molecular complexity index is 298. The Morgan fingerprint density at radius 2 is 2.15 bits per heavy atom. The predicted octanol–water partition coefficient (Wildman–Crippen LogP) is 0.336. The second kappa shape index (κ2) is 4.15. The number of aromatic nitrogens is 2. The minimum absolute atomic E-state index is 0.234. The van der Waals surface area contributed by atoms with Crippen LogP contribution in [0.15, 0.2) is 12.4 Å². The fourth-order valence-corrected chi connectivity index (χ4v) is 0.787. The molecule has 70 valence electrons. The van der Waals surface area contributed by atoms with Crippen LogP contribution in [0.4, 0.5) is 0 Å². The number of amides is 1. The maximum absolute atomic E-state index is 11.3. The van der Waals surface area contributed by atoms with Crippen LogP contribution in [0, 0.1) is 0 Å². The van der Waals surface area contributed by atoms with Gasteiger partial charge in [-0.1, -0.05) is 11.6 Å². The average molecular weight is 201 g/mol. The molecule has 0 spiro atoms. The van der Waals surface area contributed by atoms with E-state index < -0.39 is 0 Å². The fraction of sp³-hybridized carbons (Fsp3) is 0.286. The van der Waals surface area contributed by atoms with Gasteiger partial charge in [0.15, 0.2) is 0 Å². The van der Waals surface area contributed by atoms with Crippen molar-refractivity contribution in [1.29, 1.82) is 0 Å². The molecule has 13 heavy (non-hydrogen) atoms. The van der Waals surface area contributed by atoms with Crippen molar-refractivity contribution in [1.82, 2.24) is 20.4 Å². The summed E-state index contributed by atoms with van der Waals surface area (Å²) in [6.45, 7) is 0. The maximum atomic E-state index is 11.3. The van der Waals surface area contributed by atoms with Crippen LogP contribution in [0.2, 0.25) is 5.15 Å². The first-order valence-corrected chi connectivity index (χ1v) is 3.93. The molecule has 1 heterocycles. The van der Waals surface area contributed by atoms with E-state index in [-0.39, 0.29) is 16.8 Å². The molecule has 5 nitrogen and oxygen atoms in total. The molecule has 0 unspecified atom stereocenters. The summed E-state index contributed by atoms with van der Waals surface area (Å²) < 4.78 is 0. The molecule has 0 aliphatic rings. The first-order valence-electron chi connectivity index (χ1n) is 3.55. The number of nitrogens with one attached hydrogen (secondary N) is 1. The Kier molecular flexibility index (Phi) is 3.16.